The van der Waals surface area contributed by atoms with Crippen LogP contribution in [0.2, 0.25) is 0 Å². The van der Waals surface area contributed by atoms with E-state index in [9.17, 15) is 18.0 Å². The Bertz CT molecular complexity index is 1080. The van der Waals surface area contributed by atoms with Crippen LogP contribution in [0.25, 0.3) is 0 Å². The molecule has 2 heterocycles. The van der Waals surface area contributed by atoms with Gasteiger partial charge in [0.1, 0.15) is 6.54 Å². The molecular formula is C21H23N3O4S2. The highest BCUT2D eigenvalue weighted by molar-refractivity contribution is 8.00. The number of nitrogens with one attached hydrogen (secondary N) is 1. The first-order valence-electron chi connectivity index (χ1n) is 9.78. The SMILES string of the molecule is Cc1ccc(NC(=O)CN2C(=O)CSc3ccc(S(=O)(=O)N4CCCC4)cc32)cc1. The average molecular weight is 446 g/mol. The molecule has 0 aromatic heterocycles. The van der Waals surface area contributed by atoms with Crippen molar-refractivity contribution >= 4 is 45.0 Å². The summed E-state index contributed by atoms with van der Waals surface area (Å²) in [5, 5.41) is 2.79. The summed E-state index contributed by atoms with van der Waals surface area (Å²) in [5.41, 5.74) is 2.20. The monoisotopic (exact) mass is 445 g/mol. The standard InChI is InChI=1S/C21H23N3O4S2/c1-15-4-6-16(7-5-15)22-20(25)13-24-18-12-17(8-9-19(18)29-14-21(24)26)30(27,28)23-10-2-3-11-23/h4-9,12H,2-3,10-11,13-14H2,1H3,(H,22,25). The third kappa shape index (κ3) is 4.23. The maximum atomic E-state index is 12.9. The minimum atomic E-state index is -3.61. The molecule has 158 valence electrons. The fraction of sp³-hybridized carbons (Fsp3) is 0.333. The van der Waals surface area contributed by atoms with Crippen molar-refractivity contribution in [3.63, 3.8) is 0 Å². The Morgan fingerprint density at radius 2 is 1.80 bits per heavy atom. The Kier molecular flexibility index (Phi) is 5.86. The number of benzene rings is 2. The van der Waals surface area contributed by atoms with Gasteiger partial charge in [0.15, 0.2) is 0 Å². The largest absolute Gasteiger partial charge is 0.325 e. The molecule has 0 atom stereocenters. The number of sulfonamides is 1. The molecule has 1 N–H and O–H groups in total. The van der Waals surface area contributed by atoms with E-state index in [0.717, 1.165) is 23.3 Å². The second kappa shape index (κ2) is 8.41. The number of hydrogen-bond acceptors (Lipinski definition) is 5. The fourth-order valence-electron chi connectivity index (χ4n) is 3.57. The van der Waals surface area contributed by atoms with Crippen molar-refractivity contribution < 1.29 is 18.0 Å². The van der Waals surface area contributed by atoms with Crippen LogP contribution < -0.4 is 10.2 Å². The maximum Gasteiger partial charge on any atom is 0.244 e. The summed E-state index contributed by atoms with van der Waals surface area (Å²) in [6.45, 7) is 2.80. The average Bonchev–Trinajstić information content (AvgIpc) is 3.27. The van der Waals surface area contributed by atoms with Crippen LogP contribution in [0.1, 0.15) is 18.4 Å². The van der Waals surface area contributed by atoms with Crippen LogP contribution in [-0.2, 0) is 19.6 Å². The van der Waals surface area contributed by atoms with E-state index in [0.29, 0.717) is 24.5 Å². The number of anilines is 2. The van der Waals surface area contributed by atoms with Gasteiger partial charge in [-0.25, -0.2) is 8.42 Å². The number of nitrogens with zero attached hydrogens (tertiary/aromatic N) is 2. The highest BCUT2D eigenvalue weighted by Gasteiger charge is 2.31. The number of carbonyl (C=O) groups excluding carboxylic acids is 2. The van der Waals surface area contributed by atoms with Crippen LogP contribution in [0.15, 0.2) is 52.3 Å². The highest BCUT2D eigenvalue weighted by atomic mass is 32.2. The second-order valence-corrected chi connectivity index (χ2v) is 10.4. The molecular weight excluding hydrogens is 422 g/mol. The number of fused-ring (bicyclic) bond motifs is 1. The molecule has 7 nitrogen and oxygen atoms in total. The van der Waals surface area contributed by atoms with E-state index < -0.39 is 10.0 Å². The first kappa shape index (κ1) is 20.9. The molecule has 0 spiro atoms. The number of aryl methyl sites for hydroxylation is 1. The van der Waals surface area contributed by atoms with E-state index in [-0.39, 0.29) is 29.0 Å². The fourth-order valence-corrected chi connectivity index (χ4v) is 6.03. The molecule has 2 amide bonds. The van der Waals surface area contributed by atoms with Gasteiger partial charge >= 0.3 is 0 Å². The van der Waals surface area contributed by atoms with Crippen molar-refractivity contribution in [3.8, 4) is 0 Å². The predicted molar refractivity (Wildman–Crippen MR) is 117 cm³/mol. The molecule has 2 aromatic carbocycles. The number of carbonyl (C=O) groups is 2. The lowest BCUT2D eigenvalue weighted by atomic mass is 10.2. The van der Waals surface area contributed by atoms with Crippen LogP contribution in [-0.4, -0.2) is 49.9 Å². The van der Waals surface area contributed by atoms with E-state index in [2.05, 4.69) is 5.32 Å². The molecule has 1 fully saturated rings. The predicted octanol–water partition coefficient (Wildman–Crippen LogP) is 2.86. The van der Waals surface area contributed by atoms with E-state index in [1.165, 1.54) is 27.0 Å². The topological polar surface area (TPSA) is 86.8 Å². The van der Waals surface area contributed by atoms with Gasteiger partial charge in [-0.2, -0.15) is 4.31 Å². The normalized spacial score (nSPS) is 17.1. The quantitative estimate of drug-likeness (QED) is 0.765. The van der Waals surface area contributed by atoms with Crippen molar-refractivity contribution in [2.24, 2.45) is 0 Å². The molecule has 4 rings (SSSR count). The summed E-state index contributed by atoms with van der Waals surface area (Å²) in [5.74, 6) is -0.344. The van der Waals surface area contributed by atoms with E-state index in [1.807, 2.05) is 19.1 Å². The van der Waals surface area contributed by atoms with E-state index >= 15 is 0 Å². The Morgan fingerprint density at radius 1 is 1.10 bits per heavy atom. The molecule has 2 aliphatic rings. The lowest BCUT2D eigenvalue weighted by Gasteiger charge is -2.29. The summed E-state index contributed by atoms with van der Waals surface area (Å²) in [7, 11) is -3.61. The molecule has 2 aliphatic heterocycles. The third-order valence-corrected chi connectivity index (χ3v) is 8.16. The van der Waals surface area contributed by atoms with Gasteiger partial charge < -0.3 is 10.2 Å². The zero-order valence-corrected chi connectivity index (χ0v) is 18.3. The van der Waals surface area contributed by atoms with Crippen molar-refractivity contribution in [3.05, 3.63) is 48.0 Å². The van der Waals surface area contributed by atoms with Crippen LogP contribution in [0.3, 0.4) is 0 Å². The first-order valence-corrected chi connectivity index (χ1v) is 12.2. The molecule has 0 aliphatic carbocycles. The van der Waals surface area contributed by atoms with Gasteiger partial charge in [0.2, 0.25) is 21.8 Å². The van der Waals surface area contributed by atoms with Gasteiger partial charge in [-0.1, -0.05) is 17.7 Å². The summed E-state index contributed by atoms with van der Waals surface area (Å²) in [6, 6.07) is 12.2. The zero-order valence-electron chi connectivity index (χ0n) is 16.6. The molecule has 0 bridgehead atoms. The molecule has 0 radical (unpaired) electrons. The minimum absolute atomic E-state index is 0.155. The summed E-state index contributed by atoms with van der Waals surface area (Å²) >= 11 is 1.35. The molecule has 30 heavy (non-hydrogen) atoms. The van der Waals surface area contributed by atoms with Crippen molar-refractivity contribution in [2.75, 3.05) is 35.6 Å². The molecule has 0 saturated carbocycles. The van der Waals surface area contributed by atoms with Crippen LogP contribution in [0.5, 0.6) is 0 Å². The smallest absolute Gasteiger partial charge is 0.244 e. The first-order chi connectivity index (χ1) is 14.3. The number of rotatable bonds is 5. The Balaban J connectivity index is 1.58. The van der Waals surface area contributed by atoms with Gasteiger partial charge in [-0.3, -0.25) is 9.59 Å². The maximum absolute atomic E-state index is 12.9. The number of thioether (sulfide) groups is 1. The van der Waals surface area contributed by atoms with Crippen molar-refractivity contribution in [1.29, 1.82) is 0 Å². The molecule has 9 heteroatoms. The van der Waals surface area contributed by atoms with Gasteiger partial charge in [0, 0.05) is 23.7 Å². The summed E-state index contributed by atoms with van der Waals surface area (Å²) in [4.78, 5) is 27.5. The van der Waals surface area contributed by atoms with Gasteiger partial charge in [-0.15, -0.1) is 11.8 Å². The molecule has 2 aromatic rings. The van der Waals surface area contributed by atoms with Crippen LogP contribution in [0, 0.1) is 6.92 Å². The highest BCUT2D eigenvalue weighted by Crippen LogP contribution is 2.37. The zero-order chi connectivity index (χ0) is 21.3. The number of hydrogen-bond donors (Lipinski definition) is 1. The second-order valence-electron chi connectivity index (χ2n) is 7.42. The van der Waals surface area contributed by atoms with Crippen molar-refractivity contribution in [1.82, 2.24) is 4.31 Å². The summed E-state index contributed by atoms with van der Waals surface area (Å²) < 4.78 is 27.3. The lowest BCUT2D eigenvalue weighted by molar-refractivity contribution is -0.120. The molecule has 1 saturated heterocycles. The Morgan fingerprint density at radius 3 is 2.50 bits per heavy atom. The van der Waals surface area contributed by atoms with Crippen LogP contribution in [0.4, 0.5) is 11.4 Å². The number of amides is 2. The Labute approximate surface area is 180 Å². The molecule has 0 unspecified atom stereocenters. The van der Waals surface area contributed by atoms with E-state index in [1.54, 1.807) is 24.3 Å². The summed E-state index contributed by atoms with van der Waals surface area (Å²) in [6.07, 6.45) is 1.70. The lowest BCUT2D eigenvalue weighted by Crippen LogP contribution is -2.41. The van der Waals surface area contributed by atoms with Gasteiger partial charge in [-0.05, 0) is 50.1 Å². The van der Waals surface area contributed by atoms with Gasteiger partial charge in [0.25, 0.3) is 0 Å². The third-order valence-electron chi connectivity index (χ3n) is 5.21. The Hall–Kier alpha value is -2.36. The van der Waals surface area contributed by atoms with Gasteiger partial charge in [0.05, 0.1) is 16.3 Å². The minimum Gasteiger partial charge on any atom is -0.325 e. The van der Waals surface area contributed by atoms with Crippen LogP contribution >= 0.6 is 11.8 Å². The van der Waals surface area contributed by atoms with Crippen molar-refractivity contribution in [2.45, 2.75) is 29.6 Å². The van der Waals surface area contributed by atoms with E-state index in [4.69, 9.17) is 0 Å².